The van der Waals surface area contributed by atoms with Gasteiger partial charge >= 0.3 is 6.09 Å². The van der Waals surface area contributed by atoms with Crippen LogP contribution in [0.15, 0.2) is 18.5 Å². The van der Waals surface area contributed by atoms with Crippen LogP contribution in [0.2, 0.25) is 0 Å². The van der Waals surface area contributed by atoms with Gasteiger partial charge in [-0.05, 0) is 63.4 Å². The number of ether oxygens (including phenoxy) is 1. The van der Waals surface area contributed by atoms with Crippen molar-refractivity contribution in [2.75, 3.05) is 18.8 Å². The van der Waals surface area contributed by atoms with Crippen molar-refractivity contribution >= 4 is 22.9 Å². The number of fused-ring (bicyclic) bond motifs is 1. The minimum atomic E-state index is -0.512. The second-order valence-corrected chi connectivity index (χ2v) is 10.8. The van der Waals surface area contributed by atoms with Crippen molar-refractivity contribution in [3.63, 3.8) is 0 Å². The Balaban J connectivity index is 1.85. The van der Waals surface area contributed by atoms with Gasteiger partial charge in [0.05, 0.1) is 5.39 Å². The third-order valence-electron chi connectivity index (χ3n) is 7.16. The molecule has 32 heavy (non-hydrogen) atoms. The van der Waals surface area contributed by atoms with E-state index in [-0.39, 0.29) is 23.3 Å². The lowest BCUT2D eigenvalue weighted by molar-refractivity contribution is 0.00115. The molecular weight excluding hydrogens is 402 g/mol. The SMILES string of the molecule is CC(C)c1c(C2CN(C(=O)OC(C)(C)C)CCC23CC=CCC3)n(C)c2ncnc(N)c12. The van der Waals surface area contributed by atoms with Crippen molar-refractivity contribution in [3.05, 3.63) is 29.7 Å². The van der Waals surface area contributed by atoms with Crippen molar-refractivity contribution in [1.29, 1.82) is 0 Å². The van der Waals surface area contributed by atoms with Crippen LogP contribution in [0, 0.1) is 5.41 Å². The maximum absolute atomic E-state index is 13.0. The molecule has 0 saturated carbocycles. The van der Waals surface area contributed by atoms with Crippen molar-refractivity contribution < 1.29 is 9.53 Å². The number of hydrogen-bond donors (Lipinski definition) is 1. The average molecular weight is 440 g/mol. The number of likely N-dealkylation sites (tertiary alicyclic amines) is 1. The van der Waals surface area contributed by atoms with Crippen LogP contribution in [0.1, 0.15) is 83.4 Å². The molecule has 2 aromatic rings. The molecule has 1 fully saturated rings. The summed E-state index contributed by atoms with van der Waals surface area (Å²) in [6.45, 7) is 11.5. The zero-order chi connectivity index (χ0) is 23.3. The van der Waals surface area contributed by atoms with Gasteiger partial charge in [-0.2, -0.15) is 0 Å². The lowest BCUT2D eigenvalue weighted by Gasteiger charge is -2.49. The molecule has 7 heteroatoms. The number of carbonyl (C=O) groups is 1. The summed E-state index contributed by atoms with van der Waals surface area (Å²) in [6.07, 6.45) is 10.1. The number of nitrogens with zero attached hydrogens (tertiary/aromatic N) is 4. The highest BCUT2D eigenvalue weighted by molar-refractivity contribution is 5.91. The first-order valence-corrected chi connectivity index (χ1v) is 11.8. The Kier molecular flexibility index (Phi) is 5.72. The van der Waals surface area contributed by atoms with Crippen LogP contribution in [0.4, 0.5) is 10.6 Å². The van der Waals surface area contributed by atoms with E-state index in [1.165, 1.54) is 11.3 Å². The Bertz CT molecular complexity index is 1050. The monoisotopic (exact) mass is 439 g/mol. The van der Waals surface area contributed by atoms with Gasteiger partial charge < -0.3 is 19.9 Å². The first kappa shape index (κ1) is 22.6. The van der Waals surface area contributed by atoms with Gasteiger partial charge in [-0.15, -0.1) is 0 Å². The highest BCUT2D eigenvalue weighted by Crippen LogP contribution is 2.53. The largest absolute Gasteiger partial charge is 0.444 e. The Hall–Kier alpha value is -2.57. The third-order valence-corrected chi connectivity index (χ3v) is 7.16. The summed E-state index contributed by atoms with van der Waals surface area (Å²) in [5.74, 6) is 0.956. The van der Waals surface area contributed by atoms with E-state index in [2.05, 4.69) is 47.6 Å². The zero-order valence-corrected chi connectivity index (χ0v) is 20.3. The molecule has 2 unspecified atom stereocenters. The second kappa shape index (κ2) is 8.09. The predicted octanol–water partition coefficient (Wildman–Crippen LogP) is 5.12. The van der Waals surface area contributed by atoms with Gasteiger partial charge in [0.15, 0.2) is 0 Å². The smallest absolute Gasteiger partial charge is 0.410 e. The van der Waals surface area contributed by atoms with Crippen molar-refractivity contribution in [2.24, 2.45) is 12.5 Å². The molecule has 2 N–H and O–H groups in total. The number of rotatable bonds is 2. The number of nitrogens with two attached hydrogens (primary N) is 1. The third kappa shape index (κ3) is 3.86. The van der Waals surface area contributed by atoms with E-state index < -0.39 is 5.60 Å². The minimum absolute atomic E-state index is 0.112. The molecule has 1 spiro atoms. The molecule has 0 bridgehead atoms. The molecule has 3 heterocycles. The van der Waals surface area contributed by atoms with Crippen LogP contribution in [0.25, 0.3) is 11.0 Å². The van der Waals surface area contributed by atoms with E-state index >= 15 is 0 Å². The molecule has 1 aliphatic heterocycles. The summed E-state index contributed by atoms with van der Waals surface area (Å²) < 4.78 is 7.95. The molecule has 174 valence electrons. The molecule has 1 amide bonds. The van der Waals surface area contributed by atoms with Gasteiger partial charge in [-0.3, -0.25) is 0 Å². The normalized spacial score (nSPS) is 24.0. The summed E-state index contributed by atoms with van der Waals surface area (Å²) in [7, 11) is 2.08. The van der Waals surface area contributed by atoms with Crippen LogP contribution in [0.3, 0.4) is 0 Å². The molecule has 2 atom stereocenters. The highest BCUT2D eigenvalue weighted by Gasteiger charge is 2.47. The number of carbonyl (C=O) groups excluding carboxylic acids is 1. The Labute approximate surface area is 191 Å². The minimum Gasteiger partial charge on any atom is -0.444 e. The van der Waals surface area contributed by atoms with Gasteiger partial charge in [-0.25, -0.2) is 14.8 Å². The van der Waals surface area contributed by atoms with Gasteiger partial charge in [0, 0.05) is 31.7 Å². The van der Waals surface area contributed by atoms with E-state index in [0.29, 0.717) is 12.4 Å². The summed E-state index contributed by atoms with van der Waals surface area (Å²) >= 11 is 0. The van der Waals surface area contributed by atoms with Crippen LogP contribution >= 0.6 is 0 Å². The van der Waals surface area contributed by atoms with Crippen LogP contribution in [-0.4, -0.2) is 44.2 Å². The molecule has 0 radical (unpaired) electrons. The van der Waals surface area contributed by atoms with Gasteiger partial charge in [-0.1, -0.05) is 26.0 Å². The zero-order valence-electron chi connectivity index (χ0n) is 20.3. The average Bonchev–Trinajstić information content (AvgIpc) is 3.02. The van der Waals surface area contributed by atoms with Crippen molar-refractivity contribution in [3.8, 4) is 0 Å². The van der Waals surface area contributed by atoms with Crippen LogP contribution in [-0.2, 0) is 11.8 Å². The quantitative estimate of drug-likeness (QED) is 0.656. The maximum Gasteiger partial charge on any atom is 0.410 e. The van der Waals surface area contributed by atoms with Crippen molar-refractivity contribution in [2.45, 2.75) is 77.7 Å². The maximum atomic E-state index is 13.0. The summed E-state index contributed by atoms with van der Waals surface area (Å²) in [5.41, 5.74) is 9.28. The standard InChI is InChI=1S/C25H37N5O2/c1-16(2)18-19-21(26)27-15-28-22(19)29(6)20(18)17-14-30(23(31)32-24(3,4)5)13-12-25(17)10-8-7-9-11-25/h7-8,15-17H,9-14H2,1-6H3,(H2,26,27,28). The second-order valence-electron chi connectivity index (χ2n) is 10.8. The van der Waals surface area contributed by atoms with Gasteiger partial charge in [0.1, 0.15) is 23.4 Å². The van der Waals surface area contributed by atoms with Crippen molar-refractivity contribution in [1.82, 2.24) is 19.4 Å². The number of hydrogen-bond acceptors (Lipinski definition) is 5. The van der Waals surface area contributed by atoms with E-state index in [1.807, 2.05) is 25.7 Å². The van der Waals surface area contributed by atoms with E-state index in [4.69, 9.17) is 10.5 Å². The van der Waals surface area contributed by atoms with Gasteiger partial charge in [0.25, 0.3) is 0 Å². The highest BCUT2D eigenvalue weighted by atomic mass is 16.6. The predicted molar refractivity (Wildman–Crippen MR) is 128 cm³/mol. The van der Waals surface area contributed by atoms with Crippen LogP contribution < -0.4 is 5.73 Å². The van der Waals surface area contributed by atoms with Gasteiger partial charge in [0.2, 0.25) is 0 Å². The lowest BCUT2D eigenvalue weighted by Crippen LogP contribution is -2.50. The molecule has 1 saturated heterocycles. The van der Waals surface area contributed by atoms with E-state index in [1.54, 1.807) is 6.33 Å². The number of piperidine rings is 1. The molecule has 2 aliphatic rings. The molecule has 2 aromatic heterocycles. The van der Waals surface area contributed by atoms with E-state index in [9.17, 15) is 4.79 Å². The number of aryl methyl sites for hydroxylation is 1. The molecular formula is C25H37N5O2. The molecule has 1 aliphatic carbocycles. The lowest BCUT2D eigenvalue weighted by atomic mass is 9.62. The number of allylic oxidation sites excluding steroid dienone is 2. The first-order chi connectivity index (χ1) is 15.0. The Morgan fingerprint density at radius 2 is 2.00 bits per heavy atom. The summed E-state index contributed by atoms with van der Waals surface area (Å²) in [6, 6.07) is 0. The van der Waals surface area contributed by atoms with E-state index in [0.717, 1.165) is 43.3 Å². The number of aromatic nitrogens is 3. The molecule has 0 aromatic carbocycles. The number of anilines is 1. The fourth-order valence-electron chi connectivity index (χ4n) is 5.69. The number of amides is 1. The first-order valence-electron chi connectivity index (χ1n) is 11.8. The fraction of sp³-hybridized carbons (Fsp3) is 0.640. The summed E-state index contributed by atoms with van der Waals surface area (Å²) in [5, 5.41) is 0.955. The number of nitrogen functional groups attached to an aromatic ring is 1. The topological polar surface area (TPSA) is 86.3 Å². The molecule has 7 nitrogen and oxygen atoms in total. The summed E-state index contributed by atoms with van der Waals surface area (Å²) in [4.78, 5) is 23.8. The fourth-order valence-corrected chi connectivity index (χ4v) is 5.69. The van der Waals surface area contributed by atoms with Crippen LogP contribution in [0.5, 0.6) is 0 Å². The molecule has 4 rings (SSSR count). The Morgan fingerprint density at radius 1 is 1.25 bits per heavy atom. The Morgan fingerprint density at radius 3 is 2.62 bits per heavy atom.